The molecular formula is C15H27O6PS2. The second-order valence-corrected chi connectivity index (χ2v) is 11.2. The molecule has 1 N–H and O–H groups in total. The maximum Gasteiger partial charge on any atom is 0.337 e. The first-order chi connectivity index (χ1) is 11.3. The third-order valence-corrected chi connectivity index (χ3v) is 9.32. The number of hydrogen-bond acceptors (Lipinski definition) is 7. The van der Waals surface area contributed by atoms with Crippen LogP contribution in [0.4, 0.5) is 0 Å². The number of Topliss-reactive ketones (excluding diaryl/α,β-unsaturated/α-hetero) is 1. The van der Waals surface area contributed by atoms with E-state index in [0.29, 0.717) is 19.3 Å². The second kappa shape index (κ2) is 10.9. The molecule has 0 atom stereocenters. The number of aliphatic carboxylic acids is 1. The van der Waals surface area contributed by atoms with Gasteiger partial charge in [0.2, 0.25) is 0 Å². The average Bonchev–Trinajstić information content (AvgIpc) is 2.55. The quantitative estimate of drug-likeness (QED) is 0.493. The van der Waals surface area contributed by atoms with Gasteiger partial charge >= 0.3 is 13.6 Å². The number of ketones is 1. The molecule has 0 unspecified atom stereocenters. The van der Waals surface area contributed by atoms with E-state index in [1.54, 1.807) is 0 Å². The molecule has 6 nitrogen and oxygen atoms in total. The SMILES string of the molecule is COP(=O)(CC(=O)CCCC1(CCCC(=O)O)SCCCS1)OC. The van der Waals surface area contributed by atoms with Crippen molar-refractivity contribution in [3.8, 4) is 0 Å². The zero-order valence-electron chi connectivity index (χ0n) is 14.3. The summed E-state index contributed by atoms with van der Waals surface area (Å²) in [5.41, 5.74) is 0. The van der Waals surface area contributed by atoms with E-state index in [0.717, 1.165) is 24.3 Å². The Morgan fingerprint density at radius 3 is 2.12 bits per heavy atom. The molecule has 0 bridgehead atoms. The standard InChI is InChI=1S/C15H27O6PS2/c1-20-22(19,21-2)12-13(16)6-3-8-15(9-4-7-14(17)18)23-10-5-11-24-15/h3-12H2,1-2H3,(H,17,18). The summed E-state index contributed by atoms with van der Waals surface area (Å²) in [5.74, 6) is 1.28. The number of thioether (sulfide) groups is 2. The van der Waals surface area contributed by atoms with Crippen molar-refractivity contribution in [1.82, 2.24) is 0 Å². The van der Waals surface area contributed by atoms with Crippen molar-refractivity contribution in [1.29, 1.82) is 0 Å². The van der Waals surface area contributed by atoms with Gasteiger partial charge in [0, 0.05) is 27.1 Å². The molecule has 140 valence electrons. The largest absolute Gasteiger partial charge is 0.481 e. The molecule has 1 aliphatic heterocycles. The van der Waals surface area contributed by atoms with Crippen LogP contribution in [0.5, 0.6) is 0 Å². The van der Waals surface area contributed by atoms with Gasteiger partial charge in [0.05, 0.1) is 4.08 Å². The van der Waals surface area contributed by atoms with Crippen LogP contribution in [0.15, 0.2) is 0 Å². The van der Waals surface area contributed by atoms with E-state index in [9.17, 15) is 14.2 Å². The molecule has 0 amide bonds. The van der Waals surface area contributed by atoms with E-state index in [1.807, 2.05) is 23.5 Å². The Hall–Kier alpha value is -0.0100. The van der Waals surface area contributed by atoms with Gasteiger partial charge in [-0.05, 0) is 43.6 Å². The zero-order chi connectivity index (χ0) is 18.1. The third kappa shape index (κ3) is 7.91. The van der Waals surface area contributed by atoms with Gasteiger partial charge in [0.25, 0.3) is 0 Å². The molecule has 1 saturated heterocycles. The Kier molecular flexibility index (Phi) is 9.97. The second-order valence-electron chi connectivity index (χ2n) is 5.73. The highest BCUT2D eigenvalue weighted by molar-refractivity contribution is 8.18. The lowest BCUT2D eigenvalue weighted by atomic mass is 10.1. The van der Waals surface area contributed by atoms with Crippen LogP contribution in [0.3, 0.4) is 0 Å². The normalized spacial score (nSPS) is 17.6. The van der Waals surface area contributed by atoms with Crippen molar-refractivity contribution in [3.63, 3.8) is 0 Å². The number of rotatable bonds is 12. The van der Waals surface area contributed by atoms with Crippen molar-refractivity contribution in [2.24, 2.45) is 0 Å². The van der Waals surface area contributed by atoms with Crippen LogP contribution in [0, 0.1) is 0 Å². The van der Waals surface area contributed by atoms with Crippen LogP contribution < -0.4 is 0 Å². The third-order valence-electron chi connectivity index (χ3n) is 3.91. The number of carbonyl (C=O) groups excluding carboxylic acids is 1. The van der Waals surface area contributed by atoms with E-state index >= 15 is 0 Å². The van der Waals surface area contributed by atoms with Gasteiger partial charge in [-0.15, -0.1) is 23.5 Å². The number of carboxylic acids is 1. The molecule has 0 aliphatic carbocycles. The van der Waals surface area contributed by atoms with Crippen LogP contribution >= 0.6 is 31.1 Å². The van der Waals surface area contributed by atoms with Crippen molar-refractivity contribution in [3.05, 3.63) is 0 Å². The maximum absolute atomic E-state index is 12.0. The molecule has 0 radical (unpaired) electrons. The number of hydrogen-bond donors (Lipinski definition) is 1. The fourth-order valence-electron chi connectivity index (χ4n) is 2.59. The first kappa shape index (κ1) is 22.0. The molecule has 9 heteroatoms. The van der Waals surface area contributed by atoms with Crippen molar-refractivity contribution in [2.75, 3.05) is 31.9 Å². The van der Waals surface area contributed by atoms with Crippen molar-refractivity contribution in [2.45, 2.75) is 49.0 Å². The van der Waals surface area contributed by atoms with Crippen molar-refractivity contribution < 1.29 is 28.3 Å². The highest BCUT2D eigenvalue weighted by Crippen LogP contribution is 2.49. The summed E-state index contributed by atoms with van der Waals surface area (Å²) >= 11 is 3.78. The van der Waals surface area contributed by atoms with E-state index in [-0.39, 0.29) is 22.4 Å². The topological polar surface area (TPSA) is 89.9 Å². The summed E-state index contributed by atoms with van der Waals surface area (Å²) in [6.07, 6.45) is 4.58. The first-order valence-electron chi connectivity index (χ1n) is 8.07. The highest BCUT2D eigenvalue weighted by atomic mass is 32.2. The summed E-state index contributed by atoms with van der Waals surface area (Å²) in [6.45, 7) is 0. The van der Waals surface area contributed by atoms with E-state index in [2.05, 4.69) is 0 Å². The van der Waals surface area contributed by atoms with Gasteiger partial charge in [0.1, 0.15) is 11.9 Å². The van der Waals surface area contributed by atoms with Gasteiger partial charge in [-0.1, -0.05) is 0 Å². The lowest BCUT2D eigenvalue weighted by Crippen LogP contribution is -2.26. The van der Waals surface area contributed by atoms with E-state index in [1.165, 1.54) is 20.6 Å². The predicted molar refractivity (Wildman–Crippen MR) is 99.1 cm³/mol. The first-order valence-corrected chi connectivity index (χ1v) is 11.8. The van der Waals surface area contributed by atoms with Crippen LogP contribution in [-0.2, 0) is 23.2 Å². The Morgan fingerprint density at radius 1 is 1.08 bits per heavy atom. The van der Waals surface area contributed by atoms with Gasteiger partial charge in [-0.3, -0.25) is 14.2 Å². The highest BCUT2D eigenvalue weighted by Gasteiger charge is 2.33. The Labute approximate surface area is 152 Å². The molecule has 1 aliphatic rings. The Balaban J connectivity index is 2.45. The fourth-order valence-corrected chi connectivity index (χ4v) is 7.08. The molecular weight excluding hydrogens is 371 g/mol. The molecule has 0 spiro atoms. The Morgan fingerprint density at radius 2 is 1.62 bits per heavy atom. The van der Waals surface area contributed by atoms with Gasteiger partial charge in [-0.25, -0.2) is 0 Å². The predicted octanol–water partition coefficient (Wildman–Crippen LogP) is 4.03. The summed E-state index contributed by atoms with van der Waals surface area (Å²) in [6, 6.07) is 0. The molecule has 0 saturated carbocycles. The van der Waals surface area contributed by atoms with Crippen LogP contribution in [0.25, 0.3) is 0 Å². The lowest BCUT2D eigenvalue weighted by molar-refractivity contribution is -0.137. The van der Waals surface area contributed by atoms with Crippen molar-refractivity contribution >= 4 is 42.9 Å². The molecule has 1 heterocycles. The number of carboxylic acid groups (broad SMARTS) is 1. The summed E-state index contributed by atoms with van der Waals surface area (Å²) in [5, 5.41) is 8.82. The molecule has 0 aromatic heterocycles. The van der Waals surface area contributed by atoms with E-state index in [4.69, 9.17) is 14.2 Å². The zero-order valence-corrected chi connectivity index (χ0v) is 16.9. The molecule has 1 rings (SSSR count). The minimum absolute atomic E-state index is 0.0141. The lowest BCUT2D eigenvalue weighted by Gasteiger charge is -2.36. The smallest absolute Gasteiger partial charge is 0.337 e. The maximum atomic E-state index is 12.0. The van der Waals surface area contributed by atoms with Gasteiger partial charge in [0.15, 0.2) is 0 Å². The summed E-state index contributed by atoms with van der Waals surface area (Å²) in [7, 11) is -0.716. The average molecular weight is 398 g/mol. The minimum atomic E-state index is -3.28. The fraction of sp³-hybridized carbons (Fsp3) is 0.867. The van der Waals surface area contributed by atoms with E-state index < -0.39 is 13.6 Å². The van der Waals surface area contributed by atoms with Gasteiger partial charge in [-0.2, -0.15) is 0 Å². The summed E-state index contributed by atoms with van der Waals surface area (Å²) < 4.78 is 21.6. The molecule has 0 aromatic rings. The monoisotopic (exact) mass is 398 g/mol. The van der Waals surface area contributed by atoms with Crippen LogP contribution in [-0.4, -0.2) is 52.8 Å². The number of carbonyl (C=O) groups is 2. The minimum Gasteiger partial charge on any atom is -0.481 e. The van der Waals surface area contributed by atoms with Crippen LogP contribution in [0.2, 0.25) is 0 Å². The van der Waals surface area contributed by atoms with Gasteiger partial charge < -0.3 is 14.2 Å². The summed E-state index contributed by atoms with van der Waals surface area (Å²) in [4.78, 5) is 22.7. The Bertz CT molecular complexity index is 457. The molecule has 0 aromatic carbocycles. The molecule has 24 heavy (non-hydrogen) atoms. The van der Waals surface area contributed by atoms with Crippen LogP contribution in [0.1, 0.15) is 44.9 Å². The molecule has 1 fully saturated rings.